The Hall–Kier alpha value is -1.15. The van der Waals surface area contributed by atoms with Crippen LogP contribution in [-0.2, 0) is 4.79 Å². The summed E-state index contributed by atoms with van der Waals surface area (Å²) in [5, 5.41) is 0. The van der Waals surface area contributed by atoms with Crippen molar-refractivity contribution >= 4 is 6.29 Å². The summed E-state index contributed by atoms with van der Waals surface area (Å²) in [6, 6.07) is 8.80. The van der Waals surface area contributed by atoms with Crippen molar-refractivity contribution in [2.45, 2.75) is 19.9 Å². The van der Waals surface area contributed by atoms with E-state index in [-0.39, 0.29) is 1.43 Å². The number of hydrogen-bond acceptors (Lipinski definition) is 2. The van der Waals surface area contributed by atoms with Gasteiger partial charge in [0.25, 0.3) is 0 Å². The molecule has 2 heteroatoms. The Labute approximate surface area is 74.9 Å². The largest absolute Gasteiger partial charge is 0.318 e. The Morgan fingerprint density at radius 3 is 2.25 bits per heavy atom. The Bertz CT molecular complexity index is 213. The molecule has 0 saturated heterocycles. The summed E-state index contributed by atoms with van der Waals surface area (Å²) in [5.74, 6) is 0. The zero-order valence-electron chi connectivity index (χ0n) is 7.53. The average Bonchev–Trinajstić information content (AvgIpc) is 2.21. The molecule has 0 aromatic heterocycles. The fraction of sp³-hybridized carbons (Fsp3) is 0.300. The molecular formula is C10H17NO. The van der Waals surface area contributed by atoms with Crippen LogP contribution >= 0.6 is 0 Å². The molecule has 12 heavy (non-hydrogen) atoms. The van der Waals surface area contributed by atoms with Gasteiger partial charge in [-0.2, -0.15) is 0 Å². The first-order valence-electron chi connectivity index (χ1n) is 4.10. The zero-order valence-corrected chi connectivity index (χ0v) is 7.53. The van der Waals surface area contributed by atoms with Gasteiger partial charge >= 0.3 is 0 Å². The van der Waals surface area contributed by atoms with E-state index in [1.54, 1.807) is 0 Å². The van der Waals surface area contributed by atoms with Crippen LogP contribution < -0.4 is 5.73 Å². The van der Waals surface area contributed by atoms with E-state index in [2.05, 4.69) is 0 Å². The van der Waals surface area contributed by atoms with Crippen molar-refractivity contribution in [3.05, 3.63) is 35.9 Å². The van der Waals surface area contributed by atoms with Gasteiger partial charge in [0.05, 0.1) is 6.04 Å². The van der Waals surface area contributed by atoms with Gasteiger partial charge in [-0.15, -0.1) is 0 Å². The number of carbonyl (C=O) groups excluding carboxylic acids is 1. The highest BCUT2D eigenvalue weighted by Crippen LogP contribution is 2.05. The molecule has 0 saturated carbocycles. The van der Waals surface area contributed by atoms with E-state index >= 15 is 0 Å². The van der Waals surface area contributed by atoms with Crippen LogP contribution in [0.5, 0.6) is 0 Å². The van der Waals surface area contributed by atoms with Crippen molar-refractivity contribution in [2.24, 2.45) is 5.73 Å². The van der Waals surface area contributed by atoms with Gasteiger partial charge in [-0.05, 0) is 5.56 Å². The van der Waals surface area contributed by atoms with E-state index in [1.807, 2.05) is 44.2 Å². The SMILES string of the molecule is CC.N[C@H](C=O)c1ccccc1.[HH]. The minimum absolute atomic E-state index is 0. The number of benzene rings is 1. The smallest absolute Gasteiger partial charge is 0.141 e. The van der Waals surface area contributed by atoms with Crippen LogP contribution in [0.2, 0.25) is 0 Å². The van der Waals surface area contributed by atoms with E-state index in [0.717, 1.165) is 11.8 Å². The lowest BCUT2D eigenvalue weighted by Gasteiger charge is -2.00. The van der Waals surface area contributed by atoms with Crippen molar-refractivity contribution in [3.8, 4) is 0 Å². The van der Waals surface area contributed by atoms with Gasteiger partial charge in [0.1, 0.15) is 6.29 Å². The van der Waals surface area contributed by atoms with Crippen molar-refractivity contribution in [2.75, 3.05) is 0 Å². The number of rotatable bonds is 2. The highest BCUT2D eigenvalue weighted by Gasteiger charge is 1.99. The third-order valence-electron chi connectivity index (χ3n) is 1.33. The van der Waals surface area contributed by atoms with E-state index in [9.17, 15) is 4.79 Å². The van der Waals surface area contributed by atoms with Crippen LogP contribution in [0.1, 0.15) is 26.9 Å². The molecule has 2 nitrogen and oxygen atoms in total. The van der Waals surface area contributed by atoms with Gasteiger partial charge in [-0.1, -0.05) is 44.2 Å². The second-order valence-corrected chi connectivity index (χ2v) is 2.07. The Morgan fingerprint density at radius 1 is 1.33 bits per heavy atom. The molecule has 2 N–H and O–H groups in total. The molecule has 1 aromatic rings. The quantitative estimate of drug-likeness (QED) is 0.686. The second-order valence-electron chi connectivity index (χ2n) is 2.07. The first kappa shape index (κ1) is 10.8. The summed E-state index contributed by atoms with van der Waals surface area (Å²) in [7, 11) is 0. The minimum Gasteiger partial charge on any atom is -0.318 e. The van der Waals surface area contributed by atoms with Gasteiger partial charge in [0.15, 0.2) is 0 Å². The van der Waals surface area contributed by atoms with E-state index in [0.29, 0.717) is 0 Å². The van der Waals surface area contributed by atoms with Crippen molar-refractivity contribution in [1.29, 1.82) is 0 Å². The van der Waals surface area contributed by atoms with Crippen LogP contribution in [-0.4, -0.2) is 6.29 Å². The van der Waals surface area contributed by atoms with Crippen molar-refractivity contribution < 1.29 is 6.22 Å². The molecule has 0 spiro atoms. The highest BCUT2D eigenvalue weighted by molar-refractivity contribution is 5.60. The normalized spacial score (nSPS) is 10.9. The molecule has 0 bridgehead atoms. The summed E-state index contributed by atoms with van der Waals surface area (Å²) in [4.78, 5) is 10.2. The number of hydrogen-bond donors (Lipinski definition) is 1. The summed E-state index contributed by atoms with van der Waals surface area (Å²) in [6.45, 7) is 4.00. The maximum absolute atomic E-state index is 10.2. The Morgan fingerprint density at radius 2 is 1.83 bits per heavy atom. The average molecular weight is 167 g/mol. The number of carbonyl (C=O) groups is 1. The topological polar surface area (TPSA) is 43.1 Å². The van der Waals surface area contributed by atoms with Crippen LogP contribution in [0.15, 0.2) is 30.3 Å². The first-order valence-corrected chi connectivity index (χ1v) is 4.10. The molecule has 0 fully saturated rings. The van der Waals surface area contributed by atoms with Gasteiger partial charge in [0.2, 0.25) is 0 Å². The molecule has 1 rings (SSSR count). The highest BCUT2D eigenvalue weighted by atomic mass is 16.1. The molecule has 0 heterocycles. The maximum Gasteiger partial charge on any atom is 0.141 e. The molecule has 68 valence electrons. The predicted octanol–water partition coefficient (Wildman–Crippen LogP) is 2.16. The van der Waals surface area contributed by atoms with Gasteiger partial charge in [-0.3, -0.25) is 0 Å². The molecule has 1 aromatic carbocycles. The molecule has 0 amide bonds. The zero-order chi connectivity index (χ0) is 9.40. The third-order valence-corrected chi connectivity index (χ3v) is 1.33. The van der Waals surface area contributed by atoms with Gasteiger partial charge in [-0.25, -0.2) is 0 Å². The second kappa shape index (κ2) is 6.55. The summed E-state index contributed by atoms with van der Waals surface area (Å²) < 4.78 is 0. The monoisotopic (exact) mass is 167 g/mol. The minimum atomic E-state index is -0.471. The summed E-state index contributed by atoms with van der Waals surface area (Å²) in [6.07, 6.45) is 0.731. The standard InChI is InChI=1S/C8H9NO.C2H6.H2/c9-8(6-10)7-4-2-1-3-5-7;1-2;/h1-6,8H,9H2;1-2H3;1H/t8-;;/m1../s1. The number of aldehydes is 1. The van der Waals surface area contributed by atoms with Crippen molar-refractivity contribution in [1.82, 2.24) is 0 Å². The maximum atomic E-state index is 10.2. The molecule has 0 aliphatic carbocycles. The van der Waals surface area contributed by atoms with E-state index in [1.165, 1.54) is 0 Å². The van der Waals surface area contributed by atoms with Gasteiger partial charge < -0.3 is 10.5 Å². The lowest BCUT2D eigenvalue weighted by atomic mass is 10.1. The Balaban J connectivity index is 0. The summed E-state index contributed by atoms with van der Waals surface area (Å²) in [5.41, 5.74) is 6.29. The van der Waals surface area contributed by atoms with Crippen molar-refractivity contribution in [3.63, 3.8) is 0 Å². The van der Waals surface area contributed by atoms with Gasteiger partial charge in [0, 0.05) is 1.43 Å². The summed E-state index contributed by atoms with van der Waals surface area (Å²) >= 11 is 0. The van der Waals surface area contributed by atoms with Crippen LogP contribution in [0.4, 0.5) is 0 Å². The predicted molar refractivity (Wildman–Crippen MR) is 52.9 cm³/mol. The van der Waals surface area contributed by atoms with Crippen LogP contribution in [0, 0.1) is 0 Å². The molecule has 0 aliphatic rings. The van der Waals surface area contributed by atoms with Crippen LogP contribution in [0.25, 0.3) is 0 Å². The first-order chi connectivity index (χ1) is 5.84. The lowest BCUT2D eigenvalue weighted by Crippen LogP contribution is -2.10. The van der Waals surface area contributed by atoms with E-state index in [4.69, 9.17) is 5.73 Å². The Kier molecular flexibility index (Phi) is 5.93. The fourth-order valence-corrected chi connectivity index (χ4v) is 0.754. The molecule has 0 unspecified atom stereocenters. The lowest BCUT2D eigenvalue weighted by molar-refractivity contribution is -0.109. The molecule has 0 aliphatic heterocycles. The molecular weight excluding hydrogens is 150 g/mol. The fourth-order valence-electron chi connectivity index (χ4n) is 0.754. The van der Waals surface area contributed by atoms with E-state index < -0.39 is 6.04 Å². The van der Waals surface area contributed by atoms with Crippen LogP contribution in [0.3, 0.4) is 0 Å². The molecule has 0 radical (unpaired) electrons. The molecule has 1 atom stereocenters. The third kappa shape index (κ3) is 3.30. The number of nitrogens with two attached hydrogens (primary N) is 1.